The number of anilines is 4. The van der Waals surface area contributed by atoms with Gasteiger partial charge in [-0.3, -0.25) is 4.72 Å². The second-order valence-electron chi connectivity index (χ2n) is 5.63. The third-order valence-electron chi connectivity index (χ3n) is 3.64. The minimum absolute atomic E-state index is 0.126. The van der Waals surface area contributed by atoms with E-state index >= 15 is 0 Å². The summed E-state index contributed by atoms with van der Waals surface area (Å²) in [4.78, 5) is 13.9. The van der Waals surface area contributed by atoms with Crippen molar-refractivity contribution in [3.05, 3.63) is 72.8 Å². The van der Waals surface area contributed by atoms with Gasteiger partial charge in [-0.25, -0.2) is 13.2 Å². The van der Waals surface area contributed by atoms with Gasteiger partial charge in [0, 0.05) is 17.1 Å². The van der Waals surface area contributed by atoms with E-state index < -0.39 is 10.0 Å². The average Bonchev–Trinajstić information content (AvgIpc) is 2.64. The smallest absolute Gasteiger partial charge is 0.261 e. The average molecular weight is 380 g/mol. The van der Waals surface area contributed by atoms with Gasteiger partial charge < -0.3 is 11.1 Å². The number of isocyanates is 1. The molecule has 0 bridgehead atoms. The predicted molar refractivity (Wildman–Crippen MR) is 106 cm³/mol. The van der Waals surface area contributed by atoms with Crippen molar-refractivity contribution in [1.29, 1.82) is 0 Å². The van der Waals surface area contributed by atoms with Crippen LogP contribution in [0.3, 0.4) is 0 Å². The van der Waals surface area contributed by atoms with Crippen molar-refractivity contribution >= 4 is 44.5 Å². The summed E-state index contributed by atoms with van der Waals surface area (Å²) in [6.45, 7) is 0. The molecule has 0 fully saturated rings. The number of nitrogens with one attached hydrogen (secondary N) is 2. The van der Waals surface area contributed by atoms with Crippen LogP contribution in [0, 0.1) is 0 Å². The first-order chi connectivity index (χ1) is 13.0. The van der Waals surface area contributed by atoms with Gasteiger partial charge >= 0.3 is 0 Å². The minimum atomic E-state index is -3.71. The van der Waals surface area contributed by atoms with Crippen molar-refractivity contribution < 1.29 is 13.2 Å². The van der Waals surface area contributed by atoms with Crippen LogP contribution in [0.15, 0.2) is 82.7 Å². The number of rotatable bonds is 6. The third-order valence-corrected chi connectivity index (χ3v) is 5.03. The maximum absolute atomic E-state index is 12.5. The van der Waals surface area contributed by atoms with Crippen LogP contribution in [0.25, 0.3) is 0 Å². The third kappa shape index (κ3) is 4.72. The molecule has 3 rings (SSSR count). The monoisotopic (exact) mass is 380 g/mol. The number of hydrogen-bond acceptors (Lipinski definition) is 6. The molecule has 0 radical (unpaired) electrons. The van der Waals surface area contributed by atoms with Crippen LogP contribution in [-0.2, 0) is 14.8 Å². The van der Waals surface area contributed by atoms with E-state index in [2.05, 4.69) is 15.0 Å². The van der Waals surface area contributed by atoms with Gasteiger partial charge in [0.1, 0.15) is 0 Å². The number of hydrogen-bond donors (Lipinski definition) is 3. The molecule has 0 aliphatic rings. The van der Waals surface area contributed by atoms with Crippen LogP contribution in [-0.4, -0.2) is 14.5 Å². The number of nitrogens with two attached hydrogens (primary N) is 1. The van der Waals surface area contributed by atoms with Crippen LogP contribution in [0.5, 0.6) is 0 Å². The number of nitrogen functional groups attached to an aromatic ring is 1. The molecule has 136 valence electrons. The van der Waals surface area contributed by atoms with Crippen molar-refractivity contribution in [2.75, 3.05) is 15.8 Å². The summed E-state index contributed by atoms with van der Waals surface area (Å²) < 4.78 is 27.5. The summed E-state index contributed by atoms with van der Waals surface area (Å²) in [7, 11) is -3.71. The van der Waals surface area contributed by atoms with Gasteiger partial charge in [0.05, 0.1) is 16.3 Å². The Hall–Kier alpha value is -3.61. The molecular weight excluding hydrogens is 364 g/mol. The standard InChI is InChI=1S/C19H16N4O3S/c20-14-4-10-19(11-5-14)27(25,26)23-18-3-1-2-17(12-18)22-16-8-6-15(7-9-16)21-13-24/h1-12,22-23H,20H2. The highest BCUT2D eigenvalue weighted by molar-refractivity contribution is 7.92. The lowest BCUT2D eigenvalue weighted by atomic mass is 10.2. The summed E-state index contributed by atoms with van der Waals surface area (Å²) in [6.07, 6.45) is 1.48. The van der Waals surface area contributed by atoms with Gasteiger partial charge in [0.25, 0.3) is 10.0 Å². The normalized spacial score (nSPS) is 10.7. The van der Waals surface area contributed by atoms with Crippen LogP contribution >= 0.6 is 0 Å². The molecule has 7 nitrogen and oxygen atoms in total. The second-order valence-corrected chi connectivity index (χ2v) is 7.31. The van der Waals surface area contributed by atoms with Gasteiger partial charge in [0.15, 0.2) is 0 Å². The number of aliphatic imine (C=N–C) groups is 1. The van der Waals surface area contributed by atoms with Gasteiger partial charge in [-0.05, 0) is 66.7 Å². The second kappa shape index (κ2) is 7.74. The fraction of sp³-hybridized carbons (Fsp3) is 0. The zero-order chi connectivity index (χ0) is 19.3. The Morgan fingerprint density at radius 3 is 2.19 bits per heavy atom. The molecule has 4 N–H and O–H groups in total. The number of sulfonamides is 1. The van der Waals surface area contributed by atoms with E-state index in [1.807, 2.05) is 0 Å². The number of nitrogens with zero attached hydrogens (tertiary/aromatic N) is 1. The molecule has 0 heterocycles. The van der Waals surface area contributed by atoms with Crippen LogP contribution in [0.1, 0.15) is 0 Å². The lowest BCUT2D eigenvalue weighted by Gasteiger charge is -2.11. The Morgan fingerprint density at radius 2 is 1.52 bits per heavy atom. The largest absolute Gasteiger partial charge is 0.399 e. The molecule has 3 aromatic rings. The van der Waals surface area contributed by atoms with Gasteiger partial charge in [0.2, 0.25) is 6.08 Å². The van der Waals surface area contributed by atoms with E-state index in [1.54, 1.807) is 48.5 Å². The maximum atomic E-state index is 12.5. The maximum Gasteiger partial charge on any atom is 0.261 e. The van der Waals surface area contributed by atoms with E-state index in [4.69, 9.17) is 5.73 Å². The van der Waals surface area contributed by atoms with Crippen LogP contribution in [0.4, 0.5) is 28.4 Å². The lowest BCUT2D eigenvalue weighted by Crippen LogP contribution is -2.13. The molecule has 0 atom stereocenters. The van der Waals surface area contributed by atoms with E-state index in [0.29, 0.717) is 22.7 Å². The highest BCUT2D eigenvalue weighted by Gasteiger charge is 2.14. The fourth-order valence-corrected chi connectivity index (χ4v) is 3.41. The fourth-order valence-electron chi connectivity index (χ4n) is 2.36. The van der Waals surface area contributed by atoms with Crippen molar-refractivity contribution in [1.82, 2.24) is 0 Å². The molecule has 0 spiro atoms. The van der Waals surface area contributed by atoms with Gasteiger partial charge in [-0.1, -0.05) is 6.07 Å². The van der Waals surface area contributed by atoms with Gasteiger partial charge in [-0.15, -0.1) is 0 Å². The Bertz CT molecular complexity index is 1090. The summed E-state index contributed by atoms with van der Waals surface area (Å²) >= 11 is 0. The molecule has 0 aliphatic heterocycles. The molecular formula is C19H16N4O3S. The minimum Gasteiger partial charge on any atom is -0.399 e. The van der Waals surface area contributed by atoms with E-state index in [-0.39, 0.29) is 4.90 Å². The zero-order valence-electron chi connectivity index (χ0n) is 14.1. The summed E-state index contributed by atoms with van der Waals surface area (Å²) in [5.74, 6) is 0. The zero-order valence-corrected chi connectivity index (χ0v) is 14.9. The van der Waals surface area contributed by atoms with Crippen molar-refractivity contribution in [2.45, 2.75) is 4.90 Å². The van der Waals surface area contributed by atoms with Gasteiger partial charge in [-0.2, -0.15) is 4.99 Å². The molecule has 3 aromatic carbocycles. The van der Waals surface area contributed by atoms with Crippen molar-refractivity contribution in [2.24, 2.45) is 4.99 Å². The highest BCUT2D eigenvalue weighted by atomic mass is 32.2. The number of carbonyl (C=O) groups excluding carboxylic acids is 1. The van der Waals surface area contributed by atoms with Crippen molar-refractivity contribution in [3.8, 4) is 0 Å². The Kier molecular flexibility index (Phi) is 5.21. The highest BCUT2D eigenvalue weighted by Crippen LogP contribution is 2.24. The van der Waals surface area contributed by atoms with E-state index in [1.165, 1.54) is 30.3 Å². The molecule has 0 unspecified atom stereocenters. The molecule has 27 heavy (non-hydrogen) atoms. The summed E-state index contributed by atoms with van der Waals surface area (Å²) in [5.41, 5.74) is 8.46. The number of benzene rings is 3. The molecule has 0 saturated heterocycles. The van der Waals surface area contributed by atoms with E-state index in [0.717, 1.165) is 5.69 Å². The molecule has 8 heteroatoms. The Morgan fingerprint density at radius 1 is 0.852 bits per heavy atom. The summed E-state index contributed by atoms with van der Waals surface area (Å²) in [6, 6.07) is 19.7. The molecule has 0 amide bonds. The predicted octanol–water partition coefficient (Wildman–Crippen LogP) is 3.78. The molecule has 0 saturated carbocycles. The quantitative estimate of drug-likeness (QED) is 0.342. The van der Waals surface area contributed by atoms with Crippen molar-refractivity contribution in [3.63, 3.8) is 0 Å². The Balaban J connectivity index is 1.77. The SMILES string of the molecule is Nc1ccc(S(=O)(=O)Nc2cccc(Nc3ccc(N=C=O)cc3)c2)cc1. The first-order valence-electron chi connectivity index (χ1n) is 7.90. The summed E-state index contributed by atoms with van der Waals surface area (Å²) in [5, 5.41) is 3.16. The Labute approximate surface area is 156 Å². The topological polar surface area (TPSA) is 114 Å². The molecule has 0 aliphatic carbocycles. The van der Waals surface area contributed by atoms with Crippen LogP contribution in [0.2, 0.25) is 0 Å². The first kappa shape index (κ1) is 18.2. The lowest BCUT2D eigenvalue weighted by molar-refractivity contribution is 0.565. The van der Waals surface area contributed by atoms with Crippen LogP contribution < -0.4 is 15.8 Å². The molecule has 0 aromatic heterocycles. The first-order valence-corrected chi connectivity index (χ1v) is 9.38. The van der Waals surface area contributed by atoms with E-state index in [9.17, 15) is 13.2 Å².